The highest BCUT2D eigenvalue weighted by Crippen LogP contribution is 2.03. The van der Waals surface area contributed by atoms with Crippen LogP contribution < -0.4 is 9.46 Å². The zero-order valence-corrected chi connectivity index (χ0v) is 11.5. The molecule has 0 unspecified atom stereocenters. The molecule has 0 aliphatic rings. The van der Waals surface area contributed by atoms with E-state index >= 15 is 0 Å². The minimum atomic E-state index is -0.196. The van der Waals surface area contributed by atoms with Gasteiger partial charge in [0, 0.05) is 26.4 Å². The number of hydrogen-bond acceptors (Lipinski definition) is 5. The van der Waals surface area contributed by atoms with Crippen LogP contribution in [0.5, 0.6) is 0 Å². The van der Waals surface area contributed by atoms with Crippen LogP contribution in [0.1, 0.15) is 17.4 Å². The first kappa shape index (κ1) is 15.8. The SMILES string of the molecule is COC(C)OC.O=Cc1c[n+]([O-])c2ccccc2[n+]1[O-]. The number of aromatic nitrogens is 2. The predicted octanol–water partition coefficient (Wildman–Crippen LogP) is 0.544. The first-order valence-corrected chi connectivity index (χ1v) is 5.80. The van der Waals surface area contributed by atoms with Crippen LogP contribution in [-0.2, 0) is 9.47 Å². The van der Waals surface area contributed by atoms with Crippen LogP contribution in [0.25, 0.3) is 11.0 Å². The molecule has 1 aromatic heterocycles. The second kappa shape index (κ2) is 7.37. The number of para-hydroxylation sites is 2. The number of fused-ring (bicyclic) bond motifs is 1. The lowest BCUT2D eigenvalue weighted by atomic mass is 10.3. The molecule has 0 aliphatic heterocycles. The zero-order valence-electron chi connectivity index (χ0n) is 11.5. The molecule has 108 valence electrons. The molecule has 0 saturated heterocycles. The summed E-state index contributed by atoms with van der Waals surface area (Å²) in [6.45, 7) is 1.83. The van der Waals surface area contributed by atoms with Crippen molar-refractivity contribution < 1.29 is 23.7 Å². The van der Waals surface area contributed by atoms with Crippen molar-refractivity contribution in [1.82, 2.24) is 0 Å². The van der Waals surface area contributed by atoms with Gasteiger partial charge in [-0.1, -0.05) is 12.1 Å². The zero-order chi connectivity index (χ0) is 15.1. The first-order valence-electron chi connectivity index (χ1n) is 5.80. The molecule has 0 bridgehead atoms. The number of hydrogen-bond donors (Lipinski definition) is 0. The Morgan fingerprint density at radius 3 is 2.15 bits per heavy atom. The van der Waals surface area contributed by atoms with Crippen molar-refractivity contribution in [3.63, 3.8) is 0 Å². The fraction of sp³-hybridized carbons (Fsp3) is 0.308. The molecule has 0 fully saturated rings. The molecule has 20 heavy (non-hydrogen) atoms. The Labute approximate surface area is 116 Å². The highest BCUT2D eigenvalue weighted by molar-refractivity contribution is 5.72. The van der Waals surface area contributed by atoms with Crippen LogP contribution in [0.3, 0.4) is 0 Å². The Balaban J connectivity index is 0.000000286. The van der Waals surface area contributed by atoms with E-state index < -0.39 is 0 Å². The van der Waals surface area contributed by atoms with E-state index in [1.54, 1.807) is 26.4 Å². The van der Waals surface area contributed by atoms with E-state index in [-0.39, 0.29) is 23.0 Å². The summed E-state index contributed by atoms with van der Waals surface area (Å²) in [5.74, 6) is 0. The van der Waals surface area contributed by atoms with Crippen LogP contribution in [0.4, 0.5) is 0 Å². The average Bonchev–Trinajstić information content (AvgIpc) is 2.50. The van der Waals surface area contributed by atoms with Gasteiger partial charge >= 0.3 is 5.69 Å². The van der Waals surface area contributed by atoms with E-state index in [2.05, 4.69) is 9.47 Å². The maximum absolute atomic E-state index is 11.4. The molecule has 1 aromatic carbocycles. The fourth-order valence-corrected chi connectivity index (χ4v) is 1.38. The predicted molar refractivity (Wildman–Crippen MR) is 70.7 cm³/mol. The van der Waals surface area contributed by atoms with Gasteiger partial charge < -0.3 is 19.9 Å². The third-order valence-corrected chi connectivity index (χ3v) is 2.61. The van der Waals surface area contributed by atoms with Gasteiger partial charge in [0.05, 0.1) is 0 Å². The number of nitrogens with zero attached hydrogens (tertiary/aromatic N) is 2. The summed E-state index contributed by atoms with van der Waals surface area (Å²) in [6, 6.07) is 6.29. The second-order valence-electron chi connectivity index (χ2n) is 3.82. The summed E-state index contributed by atoms with van der Waals surface area (Å²) in [6.07, 6.45) is 1.25. The minimum absolute atomic E-state index is 0.0648. The van der Waals surface area contributed by atoms with Crippen molar-refractivity contribution in [3.8, 4) is 0 Å². The topological polar surface area (TPSA) is 89.4 Å². The van der Waals surface area contributed by atoms with E-state index in [1.165, 1.54) is 12.1 Å². The molecule has 0 atom stereocenters. The summed E-state index contributed by atoms with van der Waals surface area (Å²) >= 11 is 0. The monoisotopic (exact) mass is 280 g/mol. The molecule has 0 N–H and O–H groups in total. The normalized spacial score (nSPS) is 10.2. The quantitative estimate of drug-likeness (QED) is 0.354. The van der Waals surface area contributed by atoms with Gasteiger partial charge in [-0.05, 0) is 6.92 Å². The summed E-state index contributed by atoms with van der Waals surface area (Å²) < 4.78 is 10.3. The molecule has 0 aliphatic carbocycles. The van der Waals surface area contributed by atoms with Gasteiger partial charge in [-0.2, -0.15) is 9.46 Å². The maximum Gasteiger partial charge on any atom is 0.322 e. The smallest absolute Gasteiger partial charge is 0.322 e. The minimum Gasteiger partial charge on any atom is -0.618 e. The Morgan fingerprint density at radius 2 is 1.70 bits per heavy atom. The van der Waals surface area contributed by atoms with E-state index in [4.69, 9.17) is 0 Å². The van der Waals surface area contributed by atoms with Crippen LogP contribution in [-0.4, -0.2) is 26.8 Å². The van der Waals surface area contributed by atoms with Crippen molar-refractivity contribution in [1.29, 1.82) is 0 Å². The van der Waals surface area contributed by atoms with Gasteiger partial charge in [-0.25, -0.2) is 0 Å². The molecule has 7 nitrogen and oxygen atoms in total. The van der Waals surface area contributed by atoms with E-state index in [1.807, 2.05) is 6.92 Å². The summed E-state index contributed by atoms with van der Waals surface area (Å²) in [5, 5.41) is 22.8. The maximum atomic E-state index is 11.4. The summed E-state index contributed by atoms with van der Waals surface area (Å²) in [5.41, 5.74) is 0.235. The molecule has 0 radical (unpaired) electrons. The second-order valence-corrected chi connectivity index (χ2v) is 3.82. The van der Waals surface area contributed by atoms with Crippen LogP contribution in [0.15, 0.2) is 30.5 Å². The Kier molecular flexibility index (Phi) is 5.82. The van der Waals surface area contributed by atoms with Gasteiger partial charge in [0.15, 0.2) is 6.29 Å². The molecular formula is C13H16N2O5. The summed E-state index contributed by atoms with van der Waals surface area (Å²) in [7, 11) is 3.21. The number of methoxy groups -OCH3 is 2. The highest BCUT2D eigenvalue weighted by Gasteiger charge is 2.17. The van der Waals surface area contributed by atoms with Gasteiger partial charge in [0.25, 0.3) is 17.2 Å². The first-order chi connectivity index (χ1) is 9.54. The van der Waals surface area contributed by atoms with Crippen molar-refractivity contribution in [3.05, 3.63) is 46.6 Å². The molecule has 1 heterocycles. The average molecular weight is 280 g/mol. The molecule has 0 spiro atoms. The lowest BCUT2D eigenvalue weighted by molar-refractivity contribution is -0.629. The number of carbonyl (C=O) groups excluding carboxylic acids is 1. The van der Waals surface area contributed by atoms with Gasteiger partial charge in [-0.15, -0.1) is 0 Å². The Bertz CT molecular complexity index is 584. The third-order valence-electron chi connectivity index (χ3n) is 2.61. The van der Waals surface area contributed by atoms with Gasteiger partial charge in [0.2, 0.25) is 6.29 Å². The van der Waals surface area contributed by atoms with Crippen molar-refractivity contribution in [2.75, 3.05) is 14.2 Å². The molecular weight excluding hydrogens is 264 g/mol. The number of carbonyl (C=O) groups is 1. The molecule has 2 aromatic rings. The van der Waals surface area contributed by atoms with Crippen molar-refractivity contribution in [2.24, 2.45) is 0 Å². The molecule has 0 saturated carbocycles. The van der Waals surface area contributed by atoms with Crippen LogP contribution >= 0.6 is 0 Å². The number of rotatable bonds is 3. The number of benzene rings is 1. The van der Waals surface area contributed by atoms with E-state index in [0.717, 1.165) is 6.20 Å². The van der Waals surface area contributed by atoms with E-state index in [9.17, 15) is 15.2 Å². The Morgan fingerprint density at radius 1 is 1.15 bits per heavy atom. The van der Waals surface area contributed by atoms with Gasteiger partial charge in [-0.3, -0.25) is 4.79 Å². The third kappa shape index (κ3) is 3.62. The number of ether oxygens (including phenoxy) is 2. The number of aldehydes is 1. The Hall–Kier alpha value is -2.25. The summed E-state index contributed by atoms with van der Waals surface area (Å²) in [4.78, 5) is 10.5. The van der Waals surface area contributed by atoms with Crippen LogP contribution in [0.2, 0.25) is 0 Å². The molecule has 2 rings (SSSR count). The van der Waals surface area contributed by atoms with Crippen molar-refractivity contribution in [2.45, 2.75) is 13.2 Å². The molecule has 7 heteroatoms. The van der Waals surface area contributed by atoms with Gasteiger partial charge in [0.1, 0.15) is 0 Å². The van der Waals surface area contributed by atoms with Crippen LogP contribution in [0, 0.1) is 10.4 Å². The largest absolute Gasteiger partial charge is 0.618 e. The molecule has 0 amide bonds. The fourth-order valence-electron chi connectivity index (χ4n) is 1.38. The van der Waals surface area contributed by atoms with E-state index in [0.29, 0.717) is 15.7 Å². The lowest BCUT2D eigenvalue weighted by Crippen LogP contribution is -2.41. The lowest BCUT2D eigenvalue weighted by Gasteiger charge is -2.03. The standard InChI is InChI=1S/C9H6N2O3.C4H10O2/c12-6-7-5-10(13)8-3-1-2-4-9(8)11(7)14;1-4(5-2)6-3/h1-6H;4H,1-3H3. The highest BCUT2D eigenvalue weighted by atomic mass is 16.7. The van der Waals surface area contributed by atoms with Crippen molar-refractivity contribution >= 4 is 17.3 Å².